The Morgan fingerprint density at radius 1 is 1.44 bits per heavy atom. The molecule has 1 aromatic rings. The number of carbonyl (C=O) groups excluding carboxylic acids is 1. The molecule has 0 aliphatic carbocycles. The molecule has 1 N–H and O–H groups in total. The first kappa shape index (κ1) is 13.2. The third-order valence-corrected chi connectivity index (χ3v) is 3.21. The molecule has 0 unspecified atom stereocenters. The van der Waals surface area contributed by atoms with Crippen LogP contribution in [-0.2, 0) is 4.74 Å². The first-order valence-electron chi connectivity index (χ1n) is 6.61. The van der Waals surface area contributed by atoms with Gasteiger partial charge in [-0.2, -0.15) is 0 Å². The Morgan fingerprint density at radius 3 is 3.11 bits per heavy atom. The van der Waals surface area contributed by atoms with E-state index < -0.39 is 0 Å². The Balaban J connectivity index is 1.62. The Kier molecular flexibility index (Phi) is 5.30. The third-order valence-electron chi connectivity index (χ3n) is 3.21. The quantitative estimate of drug-likeness (QED) is 0.616. The van der Waals surface area contributed by atoms with Gasteiger partial charge < -0.3 is 10.1 Å². The summed E-state index contributed by atoms with van der Waals surface area (Å²) >= 11 is 0. The lowest BCUT2D eigenvalue weighted by molar-refractivity contribution is 0.0731. The van der Waals surface area contributed by atoms with E-state index in [-0.39, 0.29) is 12.4 Å². The van der Waals surface area contributed by atoms with Crippen molar-refractivity contribution in [3.63, 3.8) is 0 Å². The summed E-state index contributed by atoms with van der Waals surface area (Å²) in [6.07, 6.45) is 6.40. The summed E-state index contributed by atoms with van der Waals surface area (Å²) in [7, 11) is 0. The SMILES string of the molecule is O=C(COCC[C@H]1CCCCN1)c1ccccn1. The zero-order valence-electron chi connectivity index (χ0n) is 10.6. The number of ether oxygens (including phenoxy) is 1. The van der Waals surface area contributed by atoms with E-state index in [4.69, 9.17) is 4.74 Å². The van der Waals surface area contributed by atoms with Crippen LogP contribution in [0.5, 0.6) is 0 Å². The summed E-state index contributed by atoms with van der Waals surface area (Å²) in [5.74, 6) is -0.0489. The van der Waals surface area contributed by atoms with Crippen LogP contribution < -0.4 is 5.32 Å². The Labute approximate surface area is 108 Å². The molecule has 1 aliphatic heterocycles. The smallest absolute Gasteiger partial charge is 0.206 e. The van der Waals surface area contributed by atoms with Crippen LogP contribution in [0.25, 0.3) is 0 Å². The van der Waals surface area contributed by atoms with E-state index in [1.54, 1.807) is 18.3 Å². The molecule has 98 valence electrons. The predicted molar refractivity (Wildman–Crippen MR) is 69.6 cm³/mol. The van der Waals surface area contributed by atoms with Gasteiger partial charge in [0.1, 0.15) is 12.3 Å². The van der Waals surface area contributed by atoms with Crippen LogP contribution >= 0.6 is 0 Å². The molecule has 1 aromatic heterocycles. The minimum atomic E-state index is -0.0489. The number of hydrogen-bond donors (Lipinski definition) is 1. The summed E-state index contributed by atoms with van der Waals surface area (Å²) in [6, 6.07) is 5.89. The minimum absolute atomic E-state index is 0.0489. The molecule has 2 heterocycles. The van der Waals surface area contributed by atoms with E-state index >= 15 is 0 Å². The van der Waals surface area contributed by atoms with Gasteiger partial charge in [-0.25, -0.2) is 0 Å². The topological polar surface area (TPSA) is 51.2 Å². The molecule has 0 bridgehead atoms. The fraction of sp³-hybridized carbons (Fsp3) is 0.571. The highest BCUT2D eigenvalue weighted by molar-refractivity contribution is 5.95. The highest BCUT2D eigenvalue weighted by atomic mass is 16.5. The second-order valence-electron chi connectivity index (χ2n) is 4.63. The second-order valence-corrected chi connectivity index (χ2v) is 4.63. The van der Waals surface area contributed by atoms with Crippen molar-refractivity contribution in [3.8, 4) is 0 Å². The van der Waals surface area contributed by atoms with E-state index in [2.05, 4.69) is 10.3 Å². The van der Waals surface area contributed by atoms with Crippen molar-refractivity contribution >= 4 is 5.78 Å². The standard InChI is InChI=1S/C14H20N2O2/c17-14(13-6-2-4-9-16-13)11-18-10-7-12-5-1-3-8-15-12/h2,4,6,9,12,15H,1,3,5,7-8,10-11H2/t12-/m1/s1. The number of nitrogens with one attached hydrogen (secondary N) is 1. The molecule has 0 aromatic carbocycles. The molecule has 4 heteroatoms. The van der Waals surface area contributed by atoms with Crippen molar-refractivity contribution in [2.75, 3.05) is 19.8 Å². The van der Waals surface area contributed by atoms with Gasteiger partial charge in [0.2, 0.25) is 5.78 Å². The molecule has 1 aliphatic rings. The maximum absolute atomic E-state index is 11.7. The Morgan fingerprint density at radius 2 is 2.39 bits per heavy atom. The van der Waals surface area contributed by atoms with Gasteiger partial charge in [0, 0.05) is 18.8 Å². The Bertz CT molecular complexity index is 361. The van der Waals surface area contributed by atoms with E-state index in [1.165, 1.54) is 19.3 Å². The van der Waals surface area contributed by atoms with E-state index in [0.717, 1.165) is 13.0 Å². The van der Waals surface area contributed by atoms with Crippen LogP contribution in [0, 0.1) is 0 Å². The van der Waals surface area contributed by atoms with Crippen LogP contribution in [0.15, 0.2) is 24.4 Å². The lowest BCUT2D eigenvalue weighted by Crippen LogP contribution is -2.34. The summed E-state index contributed by atoms with van der Waals surface area (Å²) < 4.78 is 5.42. The molecule has 0 spiro atoms. The molecule has 1 saturated heterocycles. The van der Waals surface area contributed by atoms with Gasteiger partial charge in [0.05, 0.1) is 0 Å². The van der Waals surface area contributed by atoms with Crippen molar-refractivity contribution in [2.24, 2.45) is 0 Å². The van der Waals surface area contributed by atoms with Crippen LogP contribution in [0.3, 0.4) is 0 Å². The van der Waals surface area contributed by atoms with Gasteiger partial charge in [-0.05, 0) is 37.9 Å². The molecule has 4 nitrogen and oxygen atoms in total. The molecule has 1 atom stereocenters. The van der Waals surface area contributed by atoms with Crippen molar-refractivity contribution in [2.45, 2.75) is 31.7 Å². The molecular formula is C14H20N2O2. The lowest BCUT2D eigenvalue weighted by Gasteiger charge is -2.23. The minimum Gasteiger partial charge on any atom is -0.373 e. The van der Waals surface area contributed by atoms with Gasteiger partial charge in [-0.3, -0.25) is 9.78 Å². The molecule has 0 amide bonds. The maximum Gasteiger partial charge on any atom is 0.206 e. The number of aromatic nitrogens is 1. The summed E-state index contributed by atoms with van der Waals surface area (Å²) in [4.78, 5) is 15.7. The number of pyridine rings is 1. The average molecular weight is 248 g/mol. The zero-order chi connectivity index (χ0) is 12.6. The number of nitrogens with zero attached hydrogens (tertiary/aromatic N) is 1. The van der Waals surface area contributed by atoms with Crippen molar-refractivity contribution in [3.05, 3.63) is 30.1 Å². The number of carbonyl (C=O) groups is 1. The van der Waals surface area contributed by atoms with Crippen molar-refractivity contribution < 1.29 is 9.53 Å². The fourth-order valence-corrected chi connectivity index (χ4v) is 2.16. The fourth-order valence-electron chi connectivity index (χ4n) is 2.16. The first-order valence-corrected chi connectivity index (χ1v) is 6.61. The first-order chi connectivity index (χ1) is 8.86. The Hall–Kier alpha value is -1.26. The van der Waals surface area contributed by atoms with E-state index in [1.807, 2.05) is 6.07 Å². The summed E-state index contributed by atoms with van der Waals surface area (Å²) in [6.45, 7) is 1.87. The van der Waals surface area contributed by atoms with Gasteiger partial charge in [0.25, 0.3) is 0 Å². The number of hydrogen-bond acceptors (Lipinski definition) is 4. The molecule has 0 saturated carbocycles. The number of piperidine rings is 1. The zero-order valence-corrected chi connectivity index (χ0v) is 10.6. The van der Waals surface area contributed by atoms with Crippen molar-refractivity contribution in [1.82, 2.24) is 10.3 Å². The van der Waals surface area contributed by atoms with Gasteiger partial charge >= 0.3 is 0 Å². The highest BCUT2D eigenvalue weighted by Crippen LogP contribution is 2.09. The van der Waals surface area contributed by atoms with Gasteiger partial charge in [-0.15, -0.1) is 0 Å². The lowest BCUT2D eigenvalue weighted by atomic mass is 10.0. The number of Topliss-reactive ketones (excluding diaryl/α,β-unsaturated/α-hetero) is 1. The molecular weight excluding hydrogens is 228 g/mol. The second kappa shape index (κ2) is 7.24. The number of rotatable bonds is 6. The predicted octanol–water partition coefficient (Wildman–Crippen LogP) is 1.81. The molecule has 2 rings (SSSR count). The molecule has 1 fully saturated rings. The normalized spacial score (nSPS) is 19.7. The maximum atomic E-state index is 11.7. The average Bonchev–Trinajstić information content (AvgIpc) is 2.45. The van der Waals surface area contributed by atoms with Crippen LogP contribution in [0.1, 0.15) is 36.2 Å². The van der Waals surface area contributed by atoms with Crippen LogP contribution in [0.2, 0.25) is 0 Å². The summed E-state index contributed by atoms with van der Waals surface area (Å²) in [5.41, 5.74) is 0.480. The largest absolute Gasteiger partial charge is 0.373 e. The van der Waals surface area contributed by atoms with Crippen LogP contribution in [0.4, 0.5) is 0 Å². The van der Waals surface area contributed by atoms with Gasteiger partial charge in [0.15, 0.2) is 0 Å². The van der Waals surface area contributed by atoms with Crippen molar-refractivity contribution in [1.29, 1.82) is 0 Å². The third kappa shape index (κ3) is 4.20. The van der Waals surface area contributed by atoms with Gasteiger partial charge in [-0.1, -0.05) is 12.5 Å². The number of ketones is 1. The summed E-state index contributed by atoms with van der Waals surface area (Å²) in [5, 5.41) is 3.46. The van der Waals surface area contributed by atoms with Crippen LogP contribution in [-0.4, -0.2) is 36.6 Å². The highest BCUT2D eigenvalue weighted by Gasteiger charge is 2.12. The van der Waals surface area contributed by atoms with E-state index in [9.17, 15) is 4.79 Å². The van der Waals surface area contributed by atoms with E-state index in [0.29, 0.717) is 18.3 Å². The molecule has 0 radical (unpaired) electrons. The monoisotopic (exact) mass is 248 g/mol. The molecule has 18 heavy (non-hydrogen) atoms.